The topological polar surface area (TPSA) is 64.9 Å². The first kappa shape index (κ1) is 10.6. The Morgan fingerprint density at radius 3 is 2.93 bits per heavy atom. The molecule has 0 amide bonds. The lowest BCUT2D eigenvalue weighted by Gasteiger charge is -2.25. The van der Waals surface area contributed by atoms with Crippen LogP contribution in [0.4, 0.5) is 0 Å². The monoisotopic (exact) mass is 209 g/mol. The van der Waals surface area contributed by atoms with Gasteiger partial charge in [-0.1, -0.05) is 24.9 Å². The summed E-state index contributed by atoms with van der Waals surface area (Å²) in [5, 5.41) is 3.97. The van der Waals surface area contributed by atoms with Crippen LogP contribution in [0.3, 0.4) is 0 Å². The number of aryl methyl sites for hydroxylation is 1. The molecule has 1 aliphatic rings. The first-order valence-electron chi connectivity index (χ1n) is 5.89. The molecular formula is C11H19N3O. The van der Waals surface area contributed by atoms with Gasteiger partial charge in [-0.2, -0.15) is 4.98 Å². The van der Waals surface area contributed by atoms with Crippen molar-refractivity contribution in [1.82, 2.24) is 10.1 Å². The Morgan fingerprint density at radius 1 is 1.40 bits per heavy atom. The summed E-state index contributed by atoms with van der Waals surface area (Å²) in [4.78, 5) is 4.42. The van der Waals surface area contributed by atoms with Gasteiger partial charge in [0.2, 0.25) is 5.89 Å². The van der Waals surface area contributed by atoms with Gasteiger partial charge in [-0.25, -0.2) is 0 Å². The summed E-state index contributed by atoms with van der Waals surface area (Å²) in [6.45, 7) is 2.11. The first-order chi connectivity index (χ1) is 7.31. The van der Waals surface area contributed by atoms with E-state index in [0.717, 1.165) is 37.4 Å². The fourth-order valence-corrected chi connectivity index (χ4v) is 2.21. The zero-order valence-electron chi connectivity index (χ0n) is 9.28. The lowest BCUT2D eigenvalue weighted by Crippen LogP contribution is -2.31. The van der Waals surface area contributed by atoms with Crippen molar-refractivity contribution >= 4 is 0 Å². The van der Waals surface area contributed by atoms with E-state index in [4.69, 9.17) is 10.3 Å². The number of rotatable bonds is 3. The Labute approximate surface area is 90.2 Å². The van der Waals surface area contributed by atoms with E-state index in [2.05, 4.69) is 17.1 Å². The van der Waals surface area contributed by atoms with E-state index in [1.54, 1.807) is 0 Å². The molecule has 1 aromatic heterocycles. The number of nitrogens with two attached hydrogens (primary N) is 1. The molecule has 84 valence electrons. The second-order valence-corrected chi connectivity index (χ2v) is 4.35. The molecule has 0 saturated heterocycles. The third-order valence-electron chi connectivity index (χ3n) is 3.09. The summed E-state index contributed by atoms with van der Waals surface area (Å²) >= 11 is 0. The van der Waals surface area contributed by atoms with E-state index >= 15 is 0 Å². The fourth-order valence-electron chi connectivity index (χ4n) is 2.21. The number of aromatic nitrogens is 2. The molecule has 0 aromatic carbocycles. The van der Waals surface area contributed by atoms with E-state index < -0.39 is 0 Å². The van der Waals surface area contributed by atoms with Gasteiger partial charge < -0.3 is 10.3 Å². The van der Waals surface area contributed by atoms with E-state index in [1.807, 2.05) is 0 Å². The van der Waals surface area contributed by atoms with Crippen LogP contribution in [0.15, 0.2) is 4.52 Å². The average Bonchev–Trinajstić information content (AvgIpc) is 2.68. The van der Waals surface area contributed by atoms with E-state index in [1.165, 1.54) is 12.8 Å². The second-order valence-electron chi connectivity index (χ2n) is 4.35. The maximum Gasteiger partial charge on any atom is 0.231 e. The van der Waals surface area contributed by atoms with Gasteiger partial charge in [-0.15, -0.1) is 0 Å². The molecule has 0 radical (unpaired) electrons. The minimum Gasteiger partial charge on any atom is -0.339 e. The first-order valence-corrected chi connectivity index (χ1v) is 5.89. The normalized spacial score (nSPS) is 26.8. The Balaban J connectivity index is 2.06. The fraction of sp³-hybridized carbons (Fsp3) is 0.818. The van der Waals surface area contributed by atoms with Crippen molar-refractivity contribution in [2.75, 3.05) is 0 Å². The summed E-state index contributed by atoms with van der Waals surface area (Å²) in [5.74, 6) is 1.87. The van der Waals surface area contributed by atoms with E-state index in [-0.39, 0.29) is 12.0 Å². The van der Waals surface area contributed by atoms with Gasteiger partial charge in [0.25, 0.3) is 0 Å². The van der Waals surface area contributed by atoms with Crippen molar-refractivity contribution in [1.29, 1.82) is 0 Å². The highest BCUT2D eigenvalue weighted by molar-refractivity contribution is 5.00. The van der Waals surface area contributed by atoms with Crippen molar-refractivity contribution < 1.29 is 4.52 Å². The zero-order chi connectivity index (χ0) is 10.7. The second kappa shape index (κ2) is 4.75. The summed E-state index contributed by atoms with van der Waals surface area (Å²) in [7, 11) is 0. The molecule has 1 heterocycles. The van der Waals surface area contributed by atoms with Crippen molar-refractivity contribution in [2.45, 2.75) is 57.4 Å². The standard InChI is InChI=1S/C11H19N3O/c1-2-5-10-13-11(15-14-10)8-6-3-4-7-9(8)12/h8-9H,2-7,12H2,1H3. The number of hydrogen-bond donors (Lipinski definition) is 1. The molecule has 4 heteroatoms. The molecule has 2 atom stereocenters. The van der Waals surface area contributed by atoms with Gasteiger partial charge in [-0.05, 0) is 19.3 Å². The quantitative estimate of drug-likeness (QED) is 0.827. The predicted octanol–water partition coefficient (Wildman–Crippen LogP) is 2.01. The van der Waals surface area contributed by atoms with E-state index in [9.17, 15) is 0 Å². The highest BCUT2D eigenvalue weighted by atomic mass is 16.5. The van der Waals surface area contributed by atoms with Crippen LogP contribution in [-0.4, -0.2) is 16.2 Å². The molecular weight excluding hydrogens is 190 g/mol. The molecule has 0 spiro atoms. The molecule has 1 saturated carbocycles. The highest BCUT2D eigenvalue weighted by Crippen LogP contribution is 2.30. The van der Waals surface area contributed by atoms with Crippen LogP contribution in [0.25, 0.3) is 0 Å². The largest absolute Gasteiger partial charge is 0.339 e. The van der Waals surface area contributed by atoms with Crippen LogP contribution in [0, 0.1) is 0 Å². The minimum absolute atomic E-state index is 0.202. The van der Waals surface area contributed by atoms with Gasteiger partial charge >= 0.3 is 0 Å². The zero-order valence-corrected chi connectivity index (χ0v) is 9.28. The van der Waals surface area contributed by atoms with Crippen LogP contribution in [-0.2, 0) is 6.42 Å². The Bertz CT molecular complexity index is 311. The maximum atomic E-state index is 6.07. The highest BCUT2D eigenvalue weighted by Gasteiger charge is 2.28. The van der Waals surface area contributed by atoms with Crippen LogP contribution in [0.1, 0.15) is 56.7 Å². The van der Waals surface area contributed by atoms with Crippen LogP contribution < -0.4 is 5.73 Å². The molecule has 0 aliphatic heterocycles. The average molecular weight is 209 g/mol. The molecule has 1 fully saturated rings. The van der Waals surface area contributed by atoms with Gasteiger partial charge in [0.15, 0.2) is 5.82 Å². The molecule has 1 aromatic rings. The van der Waals surface area contributed by atoms with Gasteiger partial charge in [-0.3, -0.25) is 0 Å². The summed E-state index contributed by atoms with van der Waals surface area (Å²) in [6.07, 6.45) is 6.57. The molecule has 0 bridgehead atoms. The lowest BCUT2D eigenvalue weighted by molar-refractivity contribution is 0.289. The summed E-state index contributed by atoms with van der Waals surface area (Å²) < 4.78 is 5.29. The molecule has 4 nitrogen and oxygen atoms in total. The molecule has 2 rings (SSSR count). The molecule has 2 N–H and O–H groups in total. The molecule has 2 unspecified atom stereocenters. The Kier molecular flexibility index (Phi) is 3.36. The van der Waals surface area contributed by atoms with Crippen LogP contribution in [0.2, 0.25) is 0 Å². The SMILES string of the molecule is CCCc1noc(C2CCCCC2N)n1. The van der Waals surface area contributed by atoms with E-state index in [0.29, 0.717) is 0 Å². The van der Waals surface area contributed by atoms with Crippen molar-refractivity contribution in [3.8, 4) is 0 Å². The number of nitrogens with zero attached hydrogens (tertiary/aromatic N) is 2. The third kappa shape index (κ3) is 2.37. The predicted molar refractivity (Wildman–Crippen MR) is 57.5 cm³/mol. The Hall–Kier alpha value is -0.900. The van der Waals surface area contributed by atoms with Gasteiger partial charge in [0.1, 0.15) is 0 Å². The Morgan fingerprint density at radius 2 is 2.20 bits per heavy atom. The molecule has 1 aliphatic carbocycles. The summed E-state index contributed by atoms with van der Waals surface area (Å²) in [5.41, 5.74) is 6.07. The maximum absolute atomic E-state index is 6.07. The van der Waals surface area contributed by atoms with Crippen molar-refractivity contribution in [2.24, 2.45) is 5.73 Å². The smallest absolute Gasteiger partial charge is 0.231 e. The summed E-state index contributed by atoms with van der Waals surface area (Å²) in [6, 6.07) is 0.202. The van der Waals surface area contributed by atoms with Crippen LogP contribution >= 0.6 is 0 Å². The third-order valence-corrected chi connectivity index (χ3v) is 3.09. The van der Waals surface area contributed by atoms with Gasteiger partial charge in [0, 0.05) is 12.5 Å². The minimum atomic E-state index is 0.202. The molecule has 15 heavy (non-hydrogen) atoms. The number of hydrogen-bond acceptors (Lipinski definition) is 4. The van der Waals surface area contributed by atoms with Crippen molar-refractivity contribution in [3.05, 3.63) is 11.7 Å². The van der Waals surface area contributed by atoms with Crippen molar-refractivity contribution in [3.63, 3.8) is 0 Å². The van der Waals surface area contributed by atoms with Crippen LogP contribution in [0.5, 0.6) is 0 Å². The lowest BCUT2D eigenvalue weighted by atomic mass is 9.85. The van der Waals surface area contributed by atoms with Gasteiger partial charge in [0.05, 0.1) is 5.92 Å².